The quantitative estimate of drug-likeness (QED) is 0.379. The van der Waals surface area contributed by atoms with E-state index >= 15 is 0 Å². The minimum Gasteiger partial charge on any atom is -0.493 e. The predicted octanol–water partition coefficient (Wildman–Crippen LogP) is 5.09. The van der Waals surface area contributed by atoms with E-state index in [-0.39, 0.29) is 15.7 Å². The summed E-state index contributed by atoms with van der Waals surface area (Å²) in [6, 6.07) is 16.7. The highest BCUT2D eigenvalue weighted by molar-refractivity contribution is 7.91. The Kier molecular flexibility index (Phi) is 6.76. The van der Waals surface area contributed by atoms with Crippen LogP contribution < -0.4 is 10.1 Å². The minimum absolute atomic E-state index is 0.173. The molecule has 0 radical (unpaired) electrons. The second-order valence-corrected chi connectivity index (χ2v) is 11.1. The van der Waals surface area contributed by atoms with Gasteiger partial charge in [0.2, 0.25) is 9.84 Å². The van der Waals surface area contributed by atoms with Crippen LogP contribution in [0.4, 0.5) is 0 Å². The lowest BCUT2D eigenvalue weighted by molar-refractivity contribution is 0.0955. The van der Waals surface area contributed by atoms with E-state index in [0.717, 1.165) is 15.6 Å². The maximum Gasteiger partial charge on any atom is 0.261 e. The monoisotopic (exact) mass is 480 g/mol. The molecule has 0 unspecified atom stereocenters. The number of aromatic nitrogens is 1. The van der Waals surface area contributed by atoms with Crippen LogP contribution in [0.3, 0.4) is 0 Å². The van der Waals surface area contributed by atoms with Gasteiger partial charge in [0.25, 0.3) is 5.91 Å². The lowest BCUT2D eigenvalue weighted by Gasteiger charge is -2.10. The highest BCUT2D eigenvalue weighted by Gasteiger charge is 2.18. The molecule has 1 amide bonds. The normalized spacial score (nSPS) is 11.6. The summed E-state index contributed by atoms with van der Waals surface area (Å²) in [7, 11) is -3.64. The molecule has 170 valence electrons. The number of nitrogens with one attached hydrogen (secondary N) is 1. The molecule has 4 rings (SSSR count). The molecule has 1 N–H and O–H groups in total. The van der Waals surface area contributed by atoms with E-state index in [4.69, 9.17) is 4.74 Å². The fraction of sp³-hybridized carbons (Fsp3) is 0.200. The largest absolute Gasteiger partial charge is 0.493 e. The molecule has 0 bridgehead atoms. The molecule has 0 aliphatic rings. The summed E-state index contributed by atoms with van der Waals surface area (Å²) in [4.78, 5) is 17.6. The first-order valence-corrected chi connectivity index (χ1v) is 12.8. The smallest absolute Gasteiger partial charge is 0.261 e. The van der Waals surface area contributed by atoms with Crippen LogP contribution in [-0.4, -0.2) is 25.9 Å². The minimum atomic E-state index is -3.64. The van der Waals surface area contributed by atoms with Crippen molar-refractivity contribution in [1.82, 2.24) is 10.3 Å². The average Bonchev–Trinajstić information content (AvgIpc) is 3.26. The zero-order chi connectivity index (χ0) is 23.4. The summed E-state index contributed by atoms with van der Waals surface area (Å²) in [5.41, 5.74) is 0.808. The van der Waals surface area contributed by atoms with Crippen LogP contribution in [-0.2, 0) is 16.4 Å². The van der Waals surface area contributed by atoms with E-state index in [2.05, 4.69) is 24.1 Å². The van der Waals surface area contributed by atoms with Crippen LogP contribution in [0.15, 0.2) is 82.8 Å². The van der Waals surface area contributed by atoms with Crippen LogP contribution in [0.1, 0.15) is 29.1 Å². The summed E-state index contributed by atoms with van der Waals surface area (Å²) in [5, 5.41) is 3.86. The predicted molar refractivity (Wildman–Crippen MR) is 129 cm³/mol. The first-order chi connectivity index (χ1) is 15.8. The molecule has 0 fully saturated rings. The van der Waals surface area contributed by atoms with Crippen molar-refractivity contribution < 1.29 is 17.9 Å². The van der Waals surface area contributed by atoms with E-state index in [0.29, 0.717) is 29.7 Å². The number of carbonyl (C=O) groups is 1. The molecular formula is C25H24N2O4S2. The summed E-state index contributed by atoms with van der Waals surface area (Å²) in [5.74, 6) is 0.857. The Morgan fingerprint density at radius 3 is 2.33 bits per heavy atom. The third kappa shape index (κ3) is 5.40. The molecule has 0 spiro atoms. The number of benzene rings is 2. The number of rotatable bonds is 8. The molecule has 8 heteroatoms. The molecule has 0 saturated heterocycles. The van der Waals surface area contributed by atoms with Crippen molar-refractivity contribution in [3.8, 4) is 5.75 Å². The first kappa shape index (κ1) is 22.9. The van der Waals surface area contributed by atoms with Crippen LogP contribution in [0.2, 0.25) is 0 Å². The van der Waals surface area contributed by atoms with E-state index in [1.807, 2.05) is 12.1 Å². The van der Waals surface area contributed by atoms with Gasteiger partial charge in [0.15, 0.2) is 0 Å². The van der Waals surface area contributed by atoms with Gasteiger partial charge in [-0.05, 0) is 65.4 Å². The van der Waals surface area contributed by atoms with E-state index in [1.165, 1.54) is 11.3 Å². The van der Waals surface area contributed by atoms with Gasteiger partial charge in [0.05, 0.1) is 26.0 Å². The maximum absolute atomic E-state index is 12.9. The average molecular weight is 481 g/mol. The molecule has 2 aromatic carbocycles. The Balaban J connectivity index is 1.40. The van der Waals surface area contributed by atoms with Gasteiger partial charge in [0, 0.05) is 18.9 Å². The number of nitrogens with zero attached hydrogens (tertiary/aromatic N) is 1. The van der Waals surface area contributed by atoms with Crippen molar-refractivity contribution >= 4 is 37.2 Å². The van der Waals surface area contributed by atoms with Crippen molar-refractivity contribution in [3.05, 3.63) is 83.5 Å². The lowest BCUT2D eigenvalue weighted by atomic mass is 10.2. The third-order valence-electron chi connectivity index (χ3n) is 4.95. The molecule has 0 saturated carbocycles. The summed E-state index contributed by atoms with van der Waals surface area (Å²) < 4.78 is 32.5. The fourth-order valence-electron chi connectivity index (χ4n) is 3.17. The molecule has 2 heterocycles. The SMILES string of the molecule is CC(C)COc1ccc(S(=O)(=O)c2ccc(CNC(=O)c3cc4ccncc4s3)cc2)cc1. The number of thiophene rings is 1. The van der Waals surface area contributed by atoms with E-state index in [1.54, 1.807) is 60.9 Å². The second-order valence-electron chi connectivity index (χ2n) is 8.03. The Morgan fingerprint density at radius 1 is 1.03 bits per heavy atom. The molecule has 6 nitrogen and oxygen atoms in total. The van der Waals surface area contributed by atoms with Gasteiger partial charge in [0.1, 0.15) is 5.75 Å². The second kappa shape index (κ2) is 9.72. The zero-order valence-corrected chi connectivity index (χ0v) is 19.9. The Hall–Kier alpha value is -3.23. The van der Waals surface area contributed by atoms with Crippen molar-refractivity contribution in [2.24, 2.45) is 5.92 Å². The fourth-order valence-corrected chi connectivity index (χ4v) is 5.37. The number of hydrogen-bond donors (Lipinski definition) is 1. The highest BCUT2D eigenvalue weighted by atomic mass is 32.2. The Bertz CT molecular complexity index is 1330. The summed E-state index contributed by atoms with van der Waals surface area (Å²) in [6.45, 7) is 4.98. The summed E-state index contributed by atoms with van der Waals surface area (Å²) in [6.07, 6.45) is 3.43. The Morgan fingerprint density at radius 2 is 1.70 bits per heavy atom. The van der Waals surface area contributed by atoms with Gasteiger partial charge in [-0.25, -0.2) is 8.42 Å². The number of amides is 1. The first-order valence-electron chi connectivity index (χ1n) is 10.5. The third-order valence-corrected chi connectivity index (χ3v) is 7.82. The van der Waals surface area contributed by atoms with Crippen LogP contribution in [0, 0.1) is 5.92 Å². The van der Waals surface area contributed by atoms with Gasteiger partial charge >= 0.3 is 0 Å². The molecular weight excluding hydrogens is 456 g/mol. The van der Waals surface area contributed by atoms with E-state index < -0.39 is 9.84 Å². The van der Waals surface area contributed by atoms with Crippen LogP contribution in [0.5, 0.6) is 5.75 Å². The van der Waals surface area contributed by atoms with Gasteiger partial charge in [-0.3, -0.25) is 9.78 Å². The van der Waals surface area contributed by atoms with E-state index in [9.17, 15) is 13.2 Å². The number of fused-ring (bicyclic) bond motifs is 1. The number of carbonyl (C=O) groups excluding carboxylic acids is 1. The van der Waals surface area contributed by atoms with Crippen molar-refractivity contribution in [1.29, 1.82) is 0 Å². The Labute approximate surface area is 197 Å². The zero-order valence-electron chi connectivity index (χ0n) is 18.3. The van der Waals surface area contributed by atoms with Gasteiger partial charge in [-0.15, -0.1) is 11.3 Å². The highest BCUT2D eigenvalue weighted by Crippen LogP contribution is 2.25. The molecule has 2 aromatic heterocycles. The molecule has 0 aliphatic carbocycles. The van der Waals surface area contributed by atoms with Crippen LogP contribution >= 0.6 is 11.3 Å². The van der Waals surface area contributed by atoms with Gasteiger partial charge < -0.3 is 10.1 Å². The van der Waals surface area contributed by atoms with Crippen molar-refractivity contribution in [2.45, 2.75) is 30.2 Å². The standard InChI is InChI=1S/C25H24N2O4S2/c1-17(2)16-31-20-5-9-22(10-6-20)33(29,30)21-7-3-18(4-8-21)14-27-25(28)23-13-19-11-12-26-15-24(19)32-23/h3-13,15,17H,14,16H2,1-2H3,(H,27,28). The number of ether oxygens (including phenoxy) is 1. The van der Waals surface area contributed by atoms with Gasteiger partial charge in [-0.2, -0.15) is 0 Å². The summed E-state index contributed by atoms with van der Waals surface area (Å²) >= 11 is 1.39. The lowest BCUT2D eigenvalue weighted by Crippen LogP contribution is -2.21. The van der Waals surface area contributed by atoms with Crippen molar-refractivity contribution in [3.63, 3.8) is 0 Å². The molecule has 33 heavy (non-hydrogen) atoms. The maximum atomic E-state index is 12.9. The van der Waals surface area contributed by atoms with Gasteiger partial charge in [-0.1, -0.05) is 26.0 Å². The number of pyridine rings is 1. The number of sulfone groups is 1. The van der Waals surface area contributed by atoms with Crippen LogP contribution in [0.25, 0.3) is 10.1 Å². The molecule has 0 atom stereocenters. The molecule has 0 aliphatic heterocycles. The number of hydrogen-bond acceptors (Lipinski definition) is 6. The van der Waals surface area contributed by atoms with Crippen molar-refractivity contribution in [2.75, 3.05) is 6.61 Å². The topological polar surface area (TPSA) is 85.4 Å². The molecule has 4 aromatic rings.